The van der Waals surface area contributed by atoms with Gasteiger partial charge in [-0.3, -0.25) is 0 Å². The first-order valence-corrected chi connectivity index (χ1v) is 6.38. The van der Waals surface area contributed by atoms with Crippen LogP contribution < -0.4 is 5.32 Å². The molecule has 0 atom stereocenters. The average Bonchev–Trinajstić information content (AvgIpc) is 2.81. The molecular weight excluding hydrogens is 325 g/mol. The van der Waals surface area contributed by atoms with Crippen molar-refractivity contribution < 1.29 is 22.0 Å². The van der Waals surface area contributed by atoms with Crippen molar-refractivity contribution in [3.05, 3.63) is 41.2 Å². The second-order valence-electron chi connectivity index (χ2n) is 4.58. The number of fused-ring (bicyclic) bond motifs is 1. The van der Waals surface area contributed by atoms with Gasteiger partial charge < -0.3 is 5.32 Å². The quantitative estimate of drug-likeness (QED) is 0.638. The van der Waals surface area contributed by atoms with Gasteiger partial charge >= 0.3 is 6.18 Å². The molecule has 1 N–H and O–H groups in total. The van der Waals surface area contributed by atoms with E-state index in [4.69, 9.17) is 12.2 Å². The van der Waals surface area contributed by atoms with E-state index in [-0.39, 0.29) is 28.5 Å². The molecule has 0 aliphatic carbocycles. The maximum Gasteiger partial charge on any atom is 0.417 e. The molecule has 0 saturated heterocycles. The zero-order chi connectivity index (χ0) is 16.1. The molecule has 114 valence electrons. The Kier molecular flexibility index (Phi) is 3.32. The van der Waals surface area contributed by atoms with E-state index in [2.05, 4.69) is 15.3 Å². The van der Waals surface area contributed by atoms with Crippen LogP contribution in [0.3, 0.4) is 0 Å². The van der Waals surface area contributed by atoms with Crippen molar-refractivity contribution in [2.24, 2.45) is 0 Å². The lowest BCUT2D eigenvalue weighted by Gasteiger charge is -2.16. The summed E-state index contributed by atoms with van der Waals surface area (Å²) in [7, 11) is 0. The number of benzene rings is 1. The molecule has 2 heterocycles. The van der Waals surface area contributed by atoms with Crippen LogP contribution in [0.4, 0.5) is 27.6 Å². The second-order valence-corrected chi connectivity index (χ2v) is 5.07. The van der Waals surface area contributed by atoms with Crippen molar-refractivity contribution in [1.82, 2.24) is 9.97 Å². The van der Waals surface area contributed by atoms with Crippen molar-refractivity contribution in [3.8, 4) is 11.4 Å². The molecule has 1 aliphatic heterocycles. The van der Waals surface area contributed by atoms with Crippen LogP contribution >= 0.6 is 12.2 Å². The van der Waals surface area contributed by atoms with Gasteiger partial charge in [-0.1, -0.05) is 12.2 Å². The number of hydrogen-bond donors (Lipinski definition) is 1. The maximum atomic E-state index is 13.9. The molecule has 22 heavy (non-hydrogen) atoms. The Hall–Kier alpha value is -2.16. The van der Waals surface area contributed by atoms with Crippen LogP contribution in [0.2, 0.25) is 0 Å². The Morgan fingerprint density at radius 3 is 2.36 bits per heavy atom. The predicted molar refractivity (Wildman–Crippen MR) is 72.3 cm³/mol. The molecule has 0 amide bonds. The number of anilines is 1. The lowest BCUT2D eigenvalue weighted by Crippen LogP contribution is -2.11. The number of aromatic nitrogens is 2. The average molecular weight is 331 g/mol. The molecular formula is C13H6F5N3S. The normalized spacial score (nSPS) is 14.0. The summed E-state index contributed by atoms with van der Waals surface area (Å²) in [5.74, 6) is -2.19. The molecule has 1 aliphatic rings. The summed E-state index contributed by atoms with van der Waals surface area (Å²) in [5, 5.41) is 2.53. The van der Waals surface area contributed by atoms with E-state index in [9.17, 15) is 22.0 Å². The van der Waals surface area contributed by atoms with E-state index in [1.807, 2.05) is 0 Å². The fourth-order valence-corrected chi connectivity index (χ4v) is 2.53. The molecule has 0 unspecified atom stereocenters. The van der Waals surface area contributed by atoms with Crippen LogP contribution in [-0.2, 0) is 12.6 Å². The van der Waals surface area contributed by atoms with Crippen molar-refractivity contribution in [2.75, 3.05) is 5.32 Å². The minimum Gasteiger partial charge on any atom is -0.347 e. The van der Waals surface area contributed by atoms with Crippen molar-refractivity contribution in [2.45, 2.75) is 12.6 Å². The number of halogens is 5. The highest BCUT2D eigenvalue weighted by molar-refractivity contribution is 7.80. The summed E-state index contributed by atoms with van der Waals surface area (Å²) in [5.41, 5.74) is -1.72. The van der Waals surface area contributed by atoms with Gasteiger partial charge in [0, 0.05) is 12.0 Å². The molecule has 1 aromatic carbocycles. The van der Waals surface area contributed by atoms with Gasteiger partial charge in [0.15, 0.2) is 11.6 Å². The number of alkyl halides is 3. The van der Waals surface area contributed by atoms with E-state index in [1.54, 1.807) is 0 Å². The van der Waals surface area contributed by atoms with Crippen LogP contribution in [0.1, 0.15) is 11.1 Å². The summed E-state index contributed by atoms with van der Waals surface area (Å²) in [6.45, 7) is 0. The van der Waals surface area contributed by atoms with Crippen LogP contribution in [0.25, 0.3) is 11.4 Å². The Morgan fingerprint density at radius 1 is 1.14 bits per heavy atom. The summed E-state index contributed by atoms with van der Waals surface area (Å²) >= 11 is 4.89. The SMILES string of the molecule is Fc1cnc(-c2c(C(F)(F)F)cc(F)c3c2CC(=S)N3)nc1. The number of nitrogens with zero attached hydrogens (tertiary/aromatic N) is 2. The Morgan fingerprint density at radius 2 is 1.77 bits per heavy atom. The van der Waals surface area contributed by atoms with E-state index in [0.29, 0.717) is 6.07 Å². The molecule has 2 aromatic rings. The second kappa shape index (κ2) is 4.94. The molecule has 0 bridgehead atoms. The first-order chi connectivity index (χ1) is 10.3. The van der Waals surface area contributed by atoms with Crippen LogP contribution in [0.15, 0.2) is 18.5 Å². The maximum absolute atomic E-state index is 13.9. The number of thiocarbonyl (C=S) groups is 1. The van der Waals surface area contributed by atoms with Gasteiger partial charge in [0.25, 0.3) is 0 Å². The zero-order valence-electron chi connectivity index (χ0n) is 10.6. The van der Waals surface area contributed by atoms with Gasteiger partial charge in [0.05, 0.1) is 28.6 Å². The Bertz CT molecular complexity index is 771. The molecule has 1 aromatic heterocycles. The van der Waals surface area contributed by atoms with Gasteiger partial charge in [-0.05, 0) is 11.6 Å². The molecule has 0 fully saturated rings. The third-order valence-corrected chi connectivity index (χ3v) is 3.38. The van der Waals surface area contributed by atoms with Gasteiger partial charge in [0.2, 0.25) is 0 Å². The van der Waals surface area contributed by atoms with Crippen LogP contribution in [0.5, 0.6) is 0 Å². The Balaban J connectivity index is 2.33. The van der Waals surface area contributed by atoms with E-state index in [0.717, 1.165) is 12.4 Å². The van der Waals surface area contributed by atoms with Crippen LogP contribution in [0, 0.1) is 11.6 Å². The van der Waals surface area contributed by atoms with Gasteiger partial charge in [-0.15, -0.1) is 0 Å². The van der Waals surface area contributed by atoms with Crippen LogP contribution in [-0.4, -0.2) is 15.0 Å². The molecule has 9 heteroatoms. The summed E-state index contributed by atoms with van der Waals surface area (Å²) in [4.78, 5) is 7.34. The van der Waals surface area contributed by atoms with Gasteiger partial charge in [-0.25, -0.2) is 18.7 Å². The third-order valence-electron chi connectivity index (χ3n) is 3.13. The number of rotatable bonds is 1. The highest BCUT2D eigenvalue weighted by Crippen LogP contribution is 2.43. The van der Waals surface area contributed by atoms with Crippen molar-refractivity contribution in [3.63, 3.8) is 0 Å². The minimum absolute atomic E-state index is 0.0175. The smallest absolute Gasteiger partial charge is 0.347 e. The Labute approximate surface area is 126 Å². The number of nitrogens with one attached hydrogen (secondary N) is 1. The highest BCUT2D eigenvalue weighted by Gasteiger charge is 2.39. The van der Waals surface area contributed by atoms with E-state index < -0.39 is 28.9 Å². The first kappa shape index (κ1) is 14.8. The molecule has 0 saturated carbocycles. The monoisotopic (exact) mass is 331 g/mol. The number of hydrogen-bond acceptors (Lipinski definition) is 3. The van der Waals surface area contributed by atoms with Gasteiger partial charge in [0.1, 0.15) is 5.82 Å². The van der Waals surface area contributed by atoms with Crippen molar-refractivity contribution >= 4 is 22.9 Å². The summed E-state index contributed by atoms with van der Waals surface area (Å²) in [6, 6.07) is 0.363. The topological polar surface area (TPSA) is 37.8 Å². The van der Waals surface area contributed by atoms with Gasteiger partial charge in [-0.2, -0.15) is 13.2 Å². The summed E-state index contributed by atoms with van der Waals surface area (Å²) in [6.07, 6.45) is -3.38. The summed E-state index contributed by atoms with van der Waals surface area (Å²) < 4.78 is 66.4. The highest BCUT2D eigenvalue weighted by atomic mass is 32.1. The minimum atomic E-state index is -4.81. The molecule has 0 radical (unpaired) electrons. The standard InChI is InChI=1S/C13H6F5N3S/c14-5-3-19-12(20-4-5)10-6-1-9(22)21-11(6)8(15)2-7(10)13(16,17)18/h2-4H,1H2,(H,21,22). The fraction of sp³-hybridized carbons (Fsp3) is 0.154. The lowest BCUT2D eigenvalue weighted by atomic mass is 9.97. The van der Waals surface area contributed by atoms with E-state index in [1.165, 1.54) is 0 Å². The molecule has 3 rings (SSSR count). The fourth-order valence-electron chi connectivity index (χ4n) is 2.28. The predicted octanol–water partition coefficient (Wildman–Crippen LogP) is 3.74. The lowest BCUT2D eigenvalue weighted by molar-refractivity contribution is -0.137. The molecule has 3 nitrogen and oxygen atoms in total. The molecule has 0 spiro atoms. The third kappa shape index (κ3) is 2.41. The zero-order valence-corrected chi connectivity index (χ0v) is 11.4. The van der Waals surface area contributed by atoms with Crippen molar-refractivity contribution in [1.29, 1.82) is 0 Å². The van der Waals surface area contributed by atoms with E-state index >= 15 is 0 Å². The first-order valence-electron chi connectivity index (χ1n) is 5.97. The largest absolute Gasteiger partial charge is 0.417 e.